The van der Waals surface area contributed by atoms with E-state index in [-0.39, 0.29) is 6.10 Å². The highest BCUT2D eigenvalue weighted by Gasteiger charge is 2.19. The number of rotatable bonds is 8. The minimum atomic E-state index is -0.00964. The average Bonchev–Trinajstić information content (AvgIpc) is 2.79. The number of nitrogens with one attached hydrogen (secondary N) is 1. The number of benzene rings is 3. The topological polar surface area (TPSA) is 49.0 Å². The van der Waals surface area contributed by atoms with E-state index in [4.69, 9.17) is 18.9 Å². The number of fused-ring (bicyclic) bond motifs is 1. The molecule has 0 saturated heterocycles. The van der Waals surface area contributed by atoms with Gasteiger partial charge >= 0.3 is 0 Å². The zero-order valence-electron chi connectivity index (χ0n) is 16.5. The molecule has 0 fully saturated rings. The molecule has 0 saturated carbocycles. The van der Waals surface area contributed by atoms with Gasteiger partial charge < -0.3 is 24.3 Å². The molecule has 150 valence electrons. The third-order valence-corrected chi connectivity index (χ3v) is 4.75. The fourth-order valence-electron chi connectivity index (χ4n) is 3.26. The quantitative estimate of drug-likeness (QED) is 0.584. The van der Waals surface area contributed by atoms with Crippen LogP contribution in [0.1, 0.15) is 0 Å². The monoisotopic (exact) mass is 391 g/mol. The first kappa shape index (κ1) is 19.2. The molecule has 3 aromatic rings. The SMILES string of the molecule is COc1cc(-c2ccccc2)ccc1OCCNC[C@@H]1COc2ccccc2O1. The molecule has 1 atom stereocenters. The minimum Gasteiger partial charge on any atom is -0.493 e. The van der Waals surface area contributed by atoms with Crippen molar-refractivity contribution < 1.29 is 18.9 Å². The maximum absolute atomic E-state index is 5.94. The highest BCUT2D eigenvalue weighted by atomic mass is 16.6. The van der Waals surface area contributed by atoms with E-state index < -0.39 is 0 Å². The summed E-state index contributed by atoms with van der Waals surface area (Å²) in [7, 11) is 1.66. The minimum absolute atomic E-state index is 0.00964. The van der Waals surface area contributed by atoms with Crippen molar-refractivity contribution in [2.75, 3.05) is 33.4 Å². The van der Waals surface area contributed by atoms with Gasteiger partial charge in [-0.1, -0.05) is 48.5 Å². The number of para-hydroxylation sites is 2. The first-order valence-corrected chi connectivity index (χ1v) is 9.79. The molecule has 5 nitrogen and oxygen atoms in total. The fourth-order valence-corrected chi connectivity index (χ4v) is 3.26. The summed E-state index contributed by atoms with van der Waals surface area (Å²) in [6.45, 7) is 2.47. The lowest BCUT2D eigenvalue weighted by Crippen LogP contribution is -2.39. The molecule has 3 aromatic carbocycles. The van der Waals surface area contributed by atoms with Crippen molar-refractivity contribution in [3.8, 4) is 34.1 Å². The predicted molar refractivity (Wildman–Crippen MR) is 113 cm³/mol. The lowest BCUT2D eigenvalue weighted by Gasteiger charge is -2.26. The first-order valence-electron chi connectivity index (χ1n) is 9.79. The third-order valence-electron chi connectivity index (χ3n) is 4.75. The summed E-state index contributed by atoms with van der Waals surface area (Å²) < 4.78 is 23.1. The van der Waals surface area contributed by atoms with Crippen LogP contribution in [-0.4, -0.2) is 39.5 Å². The summed E-state index contributed by atoms with van der Waals surface area (Å²) in [6.07, 6.45) is -0.00964. The van der Waals surface area contributed by atoms with Crippen LogP contribution in [0, 0.1) is 0 Å². The molecule has 0 spiro atoms. The maximum atomic E-state index is 5.94. The molecule has 29 heavy (non-hydrogen) atoms. The number of hydrogen-bond acceptors (Lipinski definition) is 5. The molecule has 1 N–H and O–H groups in total. The van der Waals surface area contributed by atoms with Crippen molar-refractivity contribution in [2.24, 2.45) is 0 Å². The zero-order valence-corrected chi connectivity index (χ0v) is 16.5. The average molecular weight is 391 g/mol. The van der Waals surface area contributed by atoms with Gasteiger partial charge in [0, 0.05) is 13.1 Å². The molecule has 1 aliphatic heterocycles. The molecule has 0 amide bonds. The largest absolute Gasteiger partial charge is 0.493 e. The maximum Gasteiger partial charge on any atom is 0.161 e. The van der Waals surface area contributed by atoms with Gasteiger partial charge in [0.1, 0.15) is 19.3 Å². The van der Waals surface area contributed by atoms with Gasteiger partial charge in [-0.3, -0.25) is 0 Å². The molecular formula is C24H25NO4. The van der Waals surface area contributed by atoms with Gasteiger partial charge in [0.25, 0.3) is 0 Å². The second-order valence-corrected chi connectivity index (χ2v) is 6.78. The molecule has 0 aromatic heterocycles. The number of methoxy groups -OCH3 is 1. The summed E-state index contributed by atoms with van der Waals surface area (Å²) in [5, 5.41) is 3.36. The van der Waals surface area contributed by atoms with Crippen LogP contribution in [0.5, 0.6) is 23.0 Å². The first-order chi connectivity index (χ1) is 14.3. The summed E-state index contributed by atoms with van der Waals surface area (Å²) in [6, 6.07) is 24.0. The van der Waals surface area contributed by atoms with E-state index in [1.807, 2.05) is 60.7 Å². The molecule has 1 aliphatic rings. The summed E-state index contributed by atoms with van der Waals surface area (Å²) in [5.41, 5.74) is 2.25. The van der Waals surface area contributed by atoms with Crippen molar-refractivity contribution >= 4 is 0 Å². The molecule has 0 aliphatic carbocycles. The van der Waals surface area contributed by atoms with Crippen molar-refractivity contribution in [1.29, 1.82) is 0 Å². The second-order valence-electron chi connectivity index (χ2n) is 6.78. The third kappa shape index (κ3) is 4.81. The molecular weight excluding hydrogens is 366 g/mol. The van der Waals surface area contributed by atoms with Crippen molar-refractivity contribution in [1.82, 2.24) is 5.32 Å². The van der Waals surface area contributed by atoms with Gasteiger partial charge in [0.15, 0.2) is 23.0 Å². The van der Waals surface area contributed by atoms with E-state index in [1.165, 1.54) is 0 Å². The zero-order chi connectivity index (χ0) is 19.9. The molecule has 5 heteroatoms. The Bertz CT molecular complexity index is 929. The normalized spacial score (nSPS) is 15.0. The van der Waals surface area contributed by atoms with Crippen molar-refractivity contribution in [2.45, 2.75) is 6.10 Å². The van der Waals surface area contributed by atoms with Crippen LogP contribution in [-0.2, 0) is 0 Å². The molecule has 4 rings (SSSR count). The second kappa shape index (κ2) is 9.34. The van der Waals surface area contributed by atoms with E-state index in [1.54, 1.807) is 7.11 Å². The van der Waals surface area contributed by atoms with Crippen molar-refractivity contribution in [3.63, 3.8) is 0 Å². The van der Waals surface area contributed by atoms with Crippen LogP contribution < -0.4 is 24.3 Å². The predicted octanol–water partition coefficient (Wildman–Crippen LogP) is 4.17. The highest BCUT2D eigenvalue weighted by molar-refractivity contribution is 5.67. The van der Waals surface area contributed by atoms with Gasteiger partial charge in [-0.25, -0.2) is 0 Å². The van der Waals surface area contributed by atoms with Crippen molar-refractivity contribution in [3.05, 3.63) is 72.8 Å². The van der Waals surface area contributed by atoms with E-state index in [2.05, 4.69) is 17.4 Å². The van der Waals surface area contributed by atoms with Crippen LogP contribution in [0.15, 0.2) is 72.8 Å². The number of ether oxygens (including phenoxy) is 4. The fraction of sp³-hybridized carbons (Fsp3) is 0.250. The Hall–Kier alpha value is -3.18. The molecule has 1 heterocycles. The molecule has 0 unspecified atom stereocenters. The lowest BCUT2D eigenvalue weighted by molar-refractivity contribution is 0.0897. The lowest BCUT2D eigenvalue weighted by atomic mass is 10.1. The summed E-state index contributed by atoms with van der Waals surface area (Å²) in [5.74, 6) is 3.07. The Morgan fingerprint density at radius 1 is 0.897 bits per heavy atom. The molecule has 0 radical (unpaired) electrons. The van der Waals surface area contributed by atoms with Crippen LogP contribution in [0.2, 0.25) is 0 Å². The number of hydrogen-bond donors (Lipinski definition) is 1. The molecule has 0 bridgehead atoms. The van der Waals surface area contributed by atoms with Crippen LogP contribution in [0.25, 0.3) is 11.1 Å². The Labute approximate surface area is 171 Å². The van der Waals surface area contributed by atoms with E-state index in [9.17, 15) is 0 Å². The standard InChI is InChI=1S/C24H25NO4/c1-26-24-15-19(18-7-3-2-4-8-18)11-12-22(24)27-14-13-25-16-20-17-28-21-9-5-6-10-23(21)29-20/h2-12,15,20,25H,13-14,16-17H2,1H3/t20-/m1/s1. The smallest absolute Gasteiger partial charge is 0.161 e. The van der Waals surface area contributed by atoms with E-state index in [0.29, 0.717) is 26.3 Å². The van der Waals surface area contributed by atoms with Gasteiger partial charge in [-0.15, -0.1) is 0 Å². The van der Waals surface area contributed by atoms with Gasteiger partial charge in [0.2, 0.25) is 0 Å². The Balaban J connectivity index is 1.25. The van der Waals surface area contributed by atoms with E-state index >= 15 is 0 Å². The Kier molecular flexibility index (Phi) is 6.17. The summed E-state index contributed by atoms with van der Waals surface area (Å²) in [4.78, 5) is 0. The van der Waals surface area contributed by atoms with Crippen LogP contribution >= 0.6 is 0 Å². The van der Waals surface area contributed by atoms with E-state index in [0.717, 1.165) is 34.1 Å². The van der Waals surface area contributed by atoms with Crippen LogP contribution in [0.3, 0.4) is 0 Å². The summed E-state index contributed by atoms with van der Waals surface area (Å²) >= 11 is 0. The Morgan fingerprint density at radius 3 is 2.52 bits per heavy atom. The van der Waals surface area contributed by atoms with Gasteiger partial charge in [-0.05, 0) is 35.4 Å². The van der Waals surface area contributed by atoms with Gasteiger partial charge in [0.05, 0.1) is 7.11 Å². The highest BCUT2D eigenvalue weighted by Crippen LogP contribution is 2.32. The van der Waals surface area contributed by atoms with Gasteiger partial charge in [-0.2, -0.15) is 0 Å². The van der Waals surface area contributed by atoms with Crippen LogP contribution in [0.4, 0.5) is 0 Å². The Morgan fingerprint density at radius 2 is 1.69 bits per heavy atom.